The van der Waals surface area contributed by atoms with E-state index in [1.165, 1.54) is 6.42 Å². The number of amides is 1. The van der Waals surface area contributed by atoms with Crippen molar-refractivity contribution in [2.24, 2.45) is 0 Å². The minimum Gasteiger partial charge on any atom is -0.357 e. The SMILES string of the molecule is CNc1nc(C)cc(C(=O)N(C)C2CCC2)n1. The van der Waals surface area contributed by atoms with Crippen LogP contribution >= 0.6 is 0 Å². The average Bonchev–Trinajstić information content (AvgIpc) is 2.24. The molecule has 1 amide bonds. The van der Waals surface area contributed by atoms with Crippen molar-refractivity contribution < 1.29 is 4.79 Å². The fourth-order valence-corrected chi connectivity index (χ4v) is 1.91. The second-order valence-corrected chi connectivity index (χ2v) is 4.47. The molecule has 0 saturated heterocycles. The van der Waals surface area contributed by atoms with Crippen LogP contribution in [-0.2, 0) is 0 Å². The predicted octanol–water partition coefficient (Wildman–Crippen LogP) is 1.45. The van der Waals surface area contributed by atoms with Gasteiger partial charge in [0.25, 0.3) is 5.91 Å². The zero-order chi connectivity index (χ0) is 12.4. The Hall–Kier alpha value is -1.65. The maximum Gasteiger partial charge on any atom is 0.272 e. The Bertz CT molecular complexity index is 429. The van der Waals surface area contributed by atoms with Crippen molar-refractivity contribution in [2.45, 2.75) is 32.2 Å². The van der Waals surface area contributed by atoms with Crippen LogP contribution < -0.4 is 5.32 Å². The van der Waals surface area contributed by atoms with Gasteiger partial charge in [-0.15, -0.1) is 0 Å². The van der Waals surface area contributed by atoms with E-state index >= 15 is 0 Å². The Morgan fingerprint density at radius 1 is 1.47 bits per heavy atom. The van der Waals surface area contributed by atoms with E-state index in [1.54, 1.807) is 18.0 Å². The molecule has 0 bridgehead atoms. The van der Waals surface area contributed by atoms with Crippen molar-refractivity contribution in [3.05, 3.63) is 17.5 Å². The van der Waals surface area contributed by atoms with Gasteiger partial charge in [-0.25, -0.2) is 9.97 Å². The molecular weight excluding hydrogens is 216 g/mol. The van der Waals surface area contributed by atoms with Crippen molar-refractivity contribution >= 4 is 11.9 Å². The topological polar surface area (TPSA) is 58.1 Å². The van der Waals surface area contributed by atoms with Crippen molar-refractivity contribution in [2.75, 3.05) is 19.4 Å². The molecule has 1 heterocycles. The third kappa shape index (κ3) is 2.38. The summed E-state index contributed by atoms with van der Waals surface area (Å²) >= 11 is 0. The monoisotopic (exact) mass is 234 g/mol. The van der Waals surface area contributed by atoms with Crippen molar-refractivity contribution in [3.63, 3.8) is 0 Å². The van der Waals surface area contributed by atoms with Crippen LogP contribution in [0.2, 0.25) is 0 Å². The third-order valence-electron chi connectivity index (χ3n) is 3.24. The van der Waals surface area contributed by atoms with Gasteiger partial charge in [-0.2, -0.15) is 0 Å². The molecule has 0 radical (unpaired) electrons. The summed E-state index contributed by atoms with van der Waals surface area (Å²) in [6, 6.07) is 2.12. The van der Waals surface area contributed by atoms with Crippen molar-refractivity contribution in [1.82, 2.24) is 14.9 Å². The Morgan fingerprint density at radius 2 is 2.18 bits per heavy atom. The zero-order valence-corrected chi connectivity index (χ0v) is 10.5. The number of nitrogens with zero attached hydrogens (tertiary/aromatic N) is 3. The summed E-state index contributed by atoms with van der Waals surface area (Å²) < 4.78 is 0. The summed E-state index contributed by atoms with van der Waals surface area (Å²) in [7, 11) is 3.60. The maximum absolute atomic E-state index is 12.2. The van der Waals surface area contributed by atoms with E-state index < -0.39 is 0 Å². The molecule has 0 aromatic carbocycles. The summed E-state index contributed by atoms with van der Waals surface area (Å²) in [5.41, 5.74) is 1.27. The van der Waals surface area contributed by atoms with Crippen LogP contribution in [0.25, 0.3) is 0 Å². The minimum atomic E-state index is -0.0169. The Balaban J connectivity index is 2.20. The van der Waals surface area contributed by atoms with Crippen LogP contribution in [0.5, 0.6) is 0 Å². The Labute approximate surface area is 101 Å². The lowest BCUT2D eigenvalue weighted by atomic mass is 9.92. The number of carbonyl (C=O) groups excluding carboxylic acids is 1. The second-order valence-electron chi connectivity index (χ2n) is 4.47. The van der Waals surface area contributed by atoms with E-state index in [0.29, 0.717) is 17.7 Å². The van der Waals surface area contributed by atoms with Gasteiger partial charge in [-0.3, -0.25) is 4.79 Å². The standard InChI is InChI=1S/C12H18N4O/c1-8-7-10(15-12(13-2)14-8)11(17)16(3)9-5-4-6-9/h7,9H,4-6H2,1-3H3,(H,13,14,15). The van der Waals surface area contributed by atoms with Gasteiger partial charge in [-0.1, -0.05) is 0 Å². The van der Waals surface area contributed by atoms with Crippen LogP contribution in [0.1, 0.15) is 35.4 Å². The van der Waals surface area contributed by atoms with Gasteiger partial charge >= 0.3 is 0 Å². The van der Waals surface area contributed by atoms with Gasteiger partial charge in [0, 0.05) is 25.8 Å². The number of carbonyl (C=O) groups is 1. The highest BCUT2D eigenvalue weighted by molar-refractivity contribution is 5.92. The van der Waals surface area contributed by atoms with Gasteiger partial charge in [0.1, 0.15) is 5.69 Å². The molecule has 2 rings (SSSR count). The van der Waals surface area contributed by atoms with Gasteiger partial charge in [0.15, 0.2) is 0 Å². The van der Waals surface area contributed by atoms with Crippen LogP contribution in [-0.4, -0.2) is 40.9 Å². The van der Waals surface area contributed by atoms with E-state index in [2.05, 4.69) is 15.3 Å². The molecule has 1 aliphatic rings. The van der Waals surface area contributed by atoms with E-state index in [9.17, 15) is 4.79 Å². The van der Waals surface area contributed by atoms with E-state index in [1.807, 2.05) is 14.0 Å². The van der Waals surface area contributed by atoms with E-state index in [-0.39, 0.29) is 5.91 Å². The van der Waals surface area contributed by atoms with Gasteiger partial charge < -0.3 is 10.2 Å². The highest BCUT2D eigenvalue weighted by atomic mass is 16.2. The first-order chi connectivity index (χ1) is 8.11. The van der Waals surface area contributed by atoms with Crippen LogP contribution in [0.15, 0.2) is 6.07 Å². The molecule has 5 heteroatoms. The quantitative estimate of drug-likeness (QED) is 0.860. The normalized spacial score (nSPS) is 15.2. The number of aryl methyl sites for hydroxylation is 1. The molecule has 0 atom stereocenters. The molecule has 1 saturated carbocycles. The first-order valence-electron chi connectivity index (χ1n) is 5.92. The molecular formula is C12H18N4O. The fraction of sp³-hybridized carbons (Fsp3) is 0.583. The zero-order valence-electron chi connectivity index (χ0n) is 10.5. The predicted molar refractivity (Wildman–Crippen MR) is 66.0 cm³/mol. The molecule has 1 fully saturated rings. The lowest BCUT2D eigenvalue weighted by Gasteiger charge is -2.34. The van der Waals surface area contributed by atoms with Crippen LogP contribution in [0.4, 0.5) is 5.95 Å². The highest BCUT2D eigenvalue weighted by Crippen LogP contribution is 2.24. The first-order valence-corrected chi connectivity index (χ1v) is 5.92. The lowest BCUT2D eigenvalue weighted by molar-refractivity contribution is 0.0646. The van der Waals surface area contributed by atoms with Crippen molar-refractivity contribution in [1.29, 1.82) is 0 Å². The number of hydrogen-bond donors (Lipinski definition) is 1. The lowest BCUT2D eigenvalue weighted by Crippen LogP contribution is -2.41. The Morgan fingerprint density at radius 3 is 2.71 bits per heavy atom. The molecule has 0 unspecified atom stereocenters. The molecule has 0 spiro atoms. The van der Waals surface area contributed by atoms with Gasteiger partial charge in [0.05, 0.1) is 0 Å². The number of anilines is 1. The smallest absolute Gasteiger partial charge is 0.272 e. The maximum atomic E-state index is 12.2. The third-order valence-corrected chi connectivity index (χ3v) is 3.24. The molecule has 1 N–H and O–H groups in total. The summed E-state index contributed by atoms with van der Waals surface area (Å²) in [6.07, 6.45) is 3.42. The second kappa shape index (κ2) is 4.69. The summed E-state index contributed by atoms with van der Waals surface area (Å²) in [5, 5.41) is 2.87. The minimum absolute atomic E-state index is 0.0169. The number of rotatable bonds is 3. The summed E-state index contributed by atoms with van der Waals surface area (Å²) in [4.78, 5) is 22.4. The average molecular weight is 234 g/mol. The molecule has 1 aromatic rings. The largest absolute Gasteiger partial charge is 0.357 e. The fourth-order valence-electron chi connectivity index (χ4n) is 1.91. The number of nitrogens with one attached hydrogen (secondary N) is 1. The molecule has 17 heavy (non-hydrogen) atoms. The first kappa shape index (κ1) is 11.8. The van der Waals surface area contributed by atoms with E-state index in [4.69, 9.17) is 0 Å². The van der Waals surface area contributed by atoms with Gasteiger partial charge in [0.2, 0.25) is 5.95 Å². The molecule has 0 aliphatic heterocycles. The summed E-state index contributed by atoms with van der Waals surface area (Å²) in [5.74, 6) is 0.479. The molecule has 1 aliphatic carbocycles. The molecule has 1 aromatic heterocycles. The molecule has 92 valence electrons. The van der Waals surface area contributed by atoms with E-state index in [0.717, 1.165) is 18.5 Å². The van der Waals surface area contributed by atoms with Crippen LogP contribution in [0.3, 0.4) is 0 Å². The summed E-state index contributed by atoms with van der Waals surface area (Å²) in [6.45, 7) is 1.86. The molecule has 5 nitrogen and oxygen atoms in total. The number of hydrogen-bond acceptors (Lipinski definition) is 4. The van der Waals surface area contributed by atoms with Crippen LogP contribution in [0, 0.1) is 6.92 Å². The highest BCUT2D eigenvalue weighted by Gasteiger charge is 2.27. The Kier molecular flexibility index (Phi) is 3.26. The van der Waals surface area contributed by atoms with Crippen molar-refractivity contribution in [3.8, 4) is 0 Å². The van der Waals surface area contributed by atoms with Gasteiger partial charge in [-0.05, 0) is 32.3 Å². The number of aromatic nitrogens is 2.